The molecular formula is C19H23N3O2. The Kier molecular flexibility index (Phi) is 4.81. The van der Waals surface area contributed by atoms with Crippen LogP contribution in [0.2, 0.25) is 0 Å². The molecule has 0 bridgehead atoms. The van der Waals surface area contributed by atoms with E-state index in [9.17, 15) is 4.79 Å². The van der Waals surface area contributed by atoms with Gasteiger partial charge in [0.1, 0.15) is 0 Å². The molecule has 24 heavy (non-hydrogen) atoms. The van der Waals surface area contributed by atoms with E-state index in [2.05, 4.69) is 10.3 Å². The predicted octanol–water partition coefficient (Wildman–Crippen LogP) is 2.25. The number of pyridine rings is 1. The van der Waals surface area contributed by atoms with Gasteiger partial charge in [-0.15, -0.1) is 0 Å². The van der Waals surface area contributed by atoms with Crippen LogP contribution in [0.25, 0.3) is 11.1 Å². The number of carbonyl (C=O) groups is 1. The van der Waals surface area contributed by atoms with Gasteiger partial charge in [-0.25, -0.2) is 4.98 Å². The Morgan fingerprint density at radius 1 is 1.25 bits per heavy atom. The molecule has 1 aromatic heterocycles. The van der Waals surface area contributed by atoms with E-state index < -0.39 is 5.41 Å². The maximum absolute atomic E-state index is 12.1. The Morgan fingerprint density at radius 3 is 2.58 bits per heavy atom. The van der Waals surface area contributed by atoms with Crippen LogP contribution in [0, 0.1) is 0 Å². The van der Waals surface area contributed by atoms with E-state index in [0.717, 1.165) is 42.6 Å². The van der Waals surface area contributed by atoms with Crippen LogP contribution in [0.5, 0.6) is 5.88 Å². The number of benzene rings is 1. The molecule has 5 nitrogen and oxygen atoms in total. The smallest absolute Gasteiger partial charge is 0.228 e. The van der Waals surface area contributed by atoms with Crippen molar-refractivity contribution < 1.29 is 9.53 Å². The third kappa shape index (κ3) is 2.99. The molecule has 2 heterocycles. The zero-order valence-corrected chi connectivity index (χ0v) is 13.9. The molecule has 0 unspecified atom stereocenters. The normalized spacial score (nSPS) is 16.5. The van der Waals surface area contributed by atoms with Crippen molar-refractivity contribution in [3.63, 3.8) is 0 Å². The molecule has 0 atom stereocenters. The third-order valence-electron chi connectivity index (χ3n) is 4.73. The molecular weight excluding hydrogens is 302 g/mol. The molecule has 1 aromatic carbocycles. The molecule has 0 radical (unpaired) electrons. The van der Waals surface area contributed by atoms with Crippen LogP contribution >= 0.6 is 0 Å². The fraction of sp³-hybridized carbons (Fsp3) is 0.368. The zero-order valence-electron chi connectivity index (χ0n) is 13.9. The summed E-state index contributed by atoms with van der Waals surface area (Å²) in [6, 6.07) is 11.9. The number of hydrogen-bond donors (Lipinski definition) is 2. The number of hydrogen-bond acceptors (Lipinski definition) is 4. The van der Waals surface area contributed by atoms with Gasteiger partial charge in [0.05, 0.1) is 12.0 Å². The standard InChI is InChI=1S/C19H23N3O2/c1-2-24-17-16(4-3-11-22-17)14-5-7-15(8-6-14)19(18(20)23)9-12-21-13-10-19/h3-8,11,21H,2,9-10,12-13H2,1H3,(H2,20,23). The molecule has 3 N–H and O–H groups in total. The van der Waals surface area contributed by atoms with Crippen LogP contribution in [0.15, 0.2) is 42.6 Å². The Balaban J connectivity index is 1.95. The zero-order chi connectivity index (χ0) is 17.0. The summed E-state index contributed by atoms with van der Waals surface area (Å²) in [4.78, 5) is 16.4. The van der Waals surface area contributed by atoms with Gasteiger partial charge in [0.2, 0.25) is 11.8 Å². The average molecular weight is 325 g/mol. The summed E-state index contributed by atoms with van der Waals surface area (Å²) < 4.78 is 5.60. The Labute approximate surface area is 142 Å². The maximum Gasteiger partial charge on any atom is 0.228 e. The number of primary amides is 1. The van der Waals surface area contributed by atoms with Crippen LogP contribution in [-0.4, -0.2) is 30.6 Å². The number of nitrogens with two attached hydrogens (primary N) is 1. The lowest BCUT2D eigenvalue weighted by molar-refractivity contribution is -0.124. The highest BCUT2D eigenvalue weighted by molar-refractivity contribution is 5.87. The van der Waals surface area contributed by atoms with E-state index >= 15 is 0 Å². The SMILES string of the molecule is CCOc1ncccc1-c1ccc(C2(C(N)=O)CCNCC2)cc1. The van der Waals surface area contributed by atoms with Crippen LogP contribution in [0.1, 0.15) is 25.3 Å². The molecule has 0 aliphatic carbocycles. The second-order valence-corrected chi connectivity index (χ2v) is 6.06. The lowest BCUT2D eigenvalue weighted by Crippen LogP contribution is -2.48. The first-order valence-corrected chi connectivity index (χ1v) is 8.37. The number of aromatic nitrogens is 1. The number of amides is 1. The van der Waals surface area contributed by atoms with Gasteiger partial charge in [-0.05, 0) is 56.1 Å². The first-order chi connectivity index (χ1) is 11.7. The fourth-order valence-corrected chi connectivity index (χ4v) is 3.36. The molecule has 3 rings (SSSR count). The minimum atomic E-state index is -0.568. The predicted molar refractivity (Wildman–Crippen MR) is 93.8 cm³/mol. The summed E-state index contributed by atoms with van der Waals surface area (Å²) in [5.74, 6) is 0.382. The quantitative estimate of drug-likeness (QED) is 0.884. The summed E-state index contributed by atoms with van der Waals surface area (Å²) >= 11 is 0. The molecule has 1 fully saturated rings. The number of ether oxygens (including phenoxy) is 1. The minimum absolute atomic E-state index is 0.242. The van der Waals surface area contributed by atoms with Crippen molar-refractivity contribution in [2.75, 3.05) is 19.7 Å². The van der Waals surface area contributed by atoms with E-state index in [-0.39, 0.29) is 5.91 Å². The topological polar surface area (TPSA) is 77.2 Å². The van der Waals surface area contributed by atoms with Crippen molar-refractivity contribution in [1.29, 1.82) is 0 Å². The number of nitrogens with one attached hydrogen (secondary N) is 1. The molecule has 5 heteroatoms. The van der Waals surface area contributed by atoms with Gasteiger partial charge < -0.3 is 15.8 Å². The number of carbonyl (C=O) groups excluding carboxylic acids is 1. The first kappa shape index (κ1) is 16.5. The van der Waals surface area contributed by atoms with Gasteiger partial charge in [-0.2, -0.15) is 0 Å². The highest BCUT2D eigenvalue weighted by Gasteiger charge is 2.39. The molecule has 1 saturated heterocycles. The molecule has 1 amide bonds. The van der Waals surface area contributed by atoms with Gasteiger partial charge in [0.15, 0.2) is 0 Å². The summed E-state index contributed by atoms with van der Waals surface area (Å²) in [7, 11) is 0. The number of piperidine rings is 1. The van der Waals surface area contributed by atoms with E-state index in [1.54, 1.807) is 6.20 Å². The fourth-order valence-electron chi connectivity index (χ4n) is 3.36. The first-order valence-electron chi connectivity index (χ1n) is 8.37. The van der Waals surface area contributed by atoms with Crippen LogP contribution in [0.3, 0.4) is 0 Å². The summed E-state index contributed by atoms with van der Waals surface area (Å²) in [6.07, 6.45) is 3.19. The summed E-state index contributed by atoms with van der Waals surface area (Å²) in [6.45, 7) is 4.12. The highest BCUT2D eigenvalue weighted by Crippen LogP contribution is 2.35. The van der Waals surface area contributed by atoms with Gasteiger partial charge >= 0.3 is 0 Å². The van der Waals surface area contributed by atoms with Crippen molar-refractivity contribution in [1.82, 2.24) is 10.3 Å². The van der Waals surface area contributed by atoms with Crippen LogP contribution in [-0.2, 0) is 10.2 Å². The molecule has 1 aliphatic rings. The second kappa shape index (κ2) is 7.01. The van der Waals surface area contributed by atoms with Crippen molar-refractivity contribution in [3.05, 3.63) is 48.2 Å². The van der Waals surface area contributed by atoms with E-state index in [4.69, 9.17) is 10.5 Å². The van der Waals surface area contributed by atoms with Crippen molar-refractivity contribution >= 4 is 5.91 Å². The number of nitrogens with zero attached hydrogens (tertiary/aromatic N) is 1. The molecule has 0 saturated carbocycles. The van der Waals surface area contributed by atoms with Gasteiger partial charge in [-0.3, -0.25) is 4.79 Å². The summed E-state index contributed by atoms with van der Waals surface area (Å²) in [5.41, 5.74) is 8.14. The third-order valence-corrected chi connectivity index (χ3v) is 4.73. The Morgan fingerprint density at radius 2 is 1.96 bits per heavy atom. The van der Waals surface area contributed by atoms with Gasteiger partial charge in [0.25, 0.3) is 0 Å². The van der Waals surface area contributed by atoms with Crippen molar-refractivity contribution in [3.8, 4) is 17.0 Å². The lowest BCUT2D eigenvalue weighted by Gasteiger charge is -2.35. The van der Waals surface area contributed by atoms with Crippen LogP contribution in [0.4, 0.5) is 0 Å². The molecule has 1 aliphatic heterocycles. The number of rotatable bonds is 5. The molecule has 126 valence electrons. The van der Waals surface area contributed by atoms with E-state index in [0.29, 0.717) is 12.5 Å². The molecule has 2 aromatic rings. The Bertz CT molecular complexity index is 707. The maximum atomic E-state index is 12.1. The Hall–Kier alpha value is -2.40. The van der Waals surface area contributed by atoms with Crippen molar-refractivity contribution in [2.24, 2.45) is 5.73 Å². The van der Waals surface area contributed by atoms with Gasteiger partial charge in [-0.1, -0.05) is 24.3 Å². The summed E-state index contributed by atoms with van der Waals surface area (Å²) in [5, 5.41) is 3.29. The second-order valence-electron chi connectivity index (χ2n) is 6.06. The monoisotopic (exact) mass is 325 g/mol. The van der Waals surface area contributed by atoms with E-state index in [1.807, 2.05) is 43.3 Å². The van der Waals surface area contributed by atoms with Gasteiger partial charge in [0, 0.05) is 11.8 Å². The molecule has 0 spiro atoms. The van der Waals surface area contributed by atoms with Crippen LogP contribution < -0.4 is 15.8 Å². The lowest BCUT2D eigenvalue weighted by atomic mass is 9.72. The highest BCUT2D eigenvalue weighted by atomic mass is 16.5. The van der Waals surface area contributed by atoms with E-state index in [1.165, 1.54) is 0 Å². The van der Waals surface area contributed by atoms with Crippen molar-refractivity contribution in [2.45, 2.75) is 25.2 Å². The minimum Gasteiger partial charge on any atom is -0.478 e. The average Bonchev–Trinajstić information content (AvgIpc) is 2.63. The largest absolute Gasteiger partial charge is 0.478 e.